The van der Waals surface area contributed by atoms with Crippen molar-refractivity contribution >= 4 is 28.7 Å². The molecule has 0 spiro atoms. The van der Waals surface area contributed by atoms with Crippen molar-refractivity contribution in [3.63, 3.8) is 0 Å². The molecular formula is C40H47N3O5. The van der Waals surface area contributed by atoms with Crippen LogP contribution in [0.15, 0.2) is 116 Å². The Labute approximate surface area is 283 Å². The second-order valence-electron chi connectivity index (χ2n) is 12.2. The van der Waals surface area contributed by atoms with Crippen molar-refractivity contribution in [3.05, 3.63) is 133 Å². The highest BCUT2D eigenvalue weighted by Crippen LogP contribution is 2.21. The van der Waals surface area contributed by atoms with Crippen molar-refractivity contribution < 1.29 is 24.2 Å². The van der Waals surface area contributed by atoms with E-state index in [0.717, 1.165) is 27.6 Å². The maximum atomic E-state index is 13.7. The van der Waals surface area contributed by atoms with Gasteiger partial charge in [-0.1, -0.05) is 91.0 Å². The molecule has 4 N–H and O–H groups in total. The summed E-state index contributed by atoms with van der Waals surface area (Å²) in [6.07, 6.45) is 8.23. The monoisotopic (exact) mass is 649 g/mol. The lowest BCUT2D eigenvalue weighted by atomic mass is 9.94. The number of carbonyl (C=O) groups is 3. The number of nitrogens with one attached hydrogen (secondary N) is 3. The van der Waals surface area contributed by atoms with Gasteiger partial charge in [0.25, 0.3) is 0 Å². The van der Waals surface area contributed by atoms with Crippen LogP contribution in [-0.4, -0.2) is 53.2 Å². The number of carbonyl (C=O) groups excluding carboxylic acids is 3. The molecule has 252 valence electrons. The van der Waals surface area contributed by atoms with Gasteiger partial charge in [-0.2, -0.15) is 0 Å². The number of amides is 2. The molecule has 2 amide bonds. The molecule has 4 rings (SSSR count). The van der Waals surface area contributed by atoms with E-state index in [-0.39, 0.29) is 49.8 Å². The number of aliphatic hydroxyl groups is 1. The van der Waals surface area contributed by atoms with Gasteiger partial charge in [-0.3, -0.25) is 14.4 Å². The van der Waals surface area contributed by atoms with Crippen LogP contribution in [0, 0.1) is 11.8 Å². The number of benzene rings is 3. The third-order valence-electron chi connectivity index (χ3n) is 8.46. The van der Waals surface area contributed by atoms with Crippen LogP contribution in [0.1, 0.15) is 42.4 Å². The van der Waals surface area contributed by atoms with E-state index < -0.39 is 18.0 Å². The molecule has 48 heavy (non-hydrogen) atoms. The van der Waals surface area contributed by atoms with Gasteiger partial charge in [0.2, 0.25) is 11.8 Å². The maximum Gasteiger partial charge on any atom is 0.309 e. The lowest BCUT2D eigenvalue weighted by molar-refractivity contribution is -0.150. The Balaban J connectivity index is 1.45. The van der Waals surface area contributed by atoms with Crippen LogP contribution >= 0.6 is 0 Å². The number of ether oxygens (including phenoxy) is 1. The van der Waals surface area contributed by atoms with Crippen LogP contribution in [0.25, 0.3) is 10.9 Å². The van der Waals surface area contributed by atoms with Crippen LogP contribution in [0.2, 0.25) is 0 Å². The molecule has 0 bridgehead atoms. The number of fused-ring (bicyclic) bond motifs is 1. The van der Waals surface area contributed by atoms with Crippen molar-refractivity contribution in [2.24, 2.45) is 11.8 Å². The van der Waals surface area contributed by atoms with Crippen LogP contribution in [0.5, 0.6) is 0 Å². The third kappa shape index (κ3) is 11.1. The van der Waals surface area contributed by atoms with Crippen molar-refractivity contribution in [2.75, 3.05) is 13.2 Å². The van der Waals surface area contributed by atoms with Gasteiger partial charge in [0, 0.05) is 23.5 Å². The fourth-order valence-electron chi connectivity index (χ4n) is 5.91. The van der Waals surface area contributed by atoms with Crippen LogP contribution in [0.3, 0.4) is 0 Å². The Morgan fingerprint density at radius 3 is 2.12 bits per heavy atom. The lowest BCUT2D eigenvalue weighted by Crippen LogP contribution is -2.45. The average Bonchev–Trinajstić information content (AvgIpc) is 3.51. The molecule has 0 fully saturated rings. The Morgan fingerprint density at radius 1 is 0.792 bits per heavy atom. The molecule has 4 atom stereocenters. The molecule has 0 saturated heterocycles. The lowest BCUT2D eigenvalue weighted by Gasteiger charge is -2.24. The molecule has 0 aliphatic heterocycles. The first-order valence-electron chi connectivity index (χ1n) is 16.6. The van der Waals surface area contributed by atoms with E-state index in [1.165, 1.54) is 0 Å². The maximum absolute atomic E-state index is 13.7. The summed E-state index contributed by atoms with van der Waals surface area (Å²) in [6.45, 7) is 7.36. The van der Waals surface area contributed by atoms with Crippen LogP contribution in [0.4, 0.5) is 0 Å². The van der Waals surface area contributed by atoms with E-state index >= 15 is 0 Å². The van der Waals surface area contributed by atoms with Gasteiger partial charge in [-0.15, -0.1) is 13.2 Å². The first-order chi connectivity index (χ1) is 23.4. The van der Waals surface area contributed by atoms with Gasteiger partial charge in [-0.25, -0.2) is 0 Å². The quantitative estimate of drug-likeness (QED) is 0.0706. The summed E-state index contributed by atoms with van der Waals surface area (Å²) in [5.74, 6) is -2.05. The number of rotatable bonds is 20. The van der Waals surface area contributed by atoms with E-state index in [1.807, 2.05) is 91.1 Å². The second-order valence-corrected chi connectivity index (χ2v) is 12.2. The summed E-state index contributed by atoms with van der Waals surface area (Å²) in [5, 5.41) is 16.9. The molecule has 8 heteroatoms. The number of para-hydroxylation sites is 1. The highest BCUT2D eigenvalue weighted by atomic mass is 16.5. The number of esters is 1. The molecule has 0 unspecified atom stereocenters. The van der Waals surface area contributed by atoms with Gasteiger partial charge in [0.1, 0.15) is 6.61 Å². The number of aromatic nitrogens is 1. The number of H-pyrrole nitrogens is 1. The number of allylic oxidation sites excluding steroid dienone is 2. The predicted molar refractivity (Wildman–Crippen MR) is 190 cm³/mol. The van der Waals surface area contributed by atoms with Gasteiger partial charge >= 0.3 is 5.97 Å². The zero-order chi connectivity index (χ0) is 34.1. The van der Waals surface area contributed by atoms with Crippen molar-refractivity contribution in [1.29, 1.82) is 0 Å². The van der Waals surface area contributed by atoms with E-state index in [1.54, 1.807) is 12.2 Å². The molecule has 0 saturated carbocycles. The number of aromatic amines is 1. The normalized spacial score (nSPS) is 13.5. The summed E-state index contributed by atoms with van der Waals surface area (Å²) in [6, 6.07) is 26.3. The summed E-state index contributed by atoms with van der Waals surface area (Å²) in [7, 11) is 0. The molecule has 0 aliphatic carbocycles. The number of hydrogen-bond donors (Lipinski definition) is 4. The molecule has 8 nitrogen and oxygen atoms in total. The SMILES string of the molecule is C=CCC[C@H](Cc1ccccc1)C(=O)OC[C@H](Cc1c[nH]c2ccccc12)NC(=O)[C@@H](CC=C)CC(=O)N[C@@H](CO)Cc1ccccc1. The standard InChI is InChI=1S/C40H47N3O5/c1-3-5-19-32(22-29-15-8-6-9-16-29)40(47)48-28-35(24-33-26-41-37-21-13-12-20-36(33)37)43-39(46)31(14-4-2)25-38(45)42-34(27-44)23-30-17-10-7-11-18-30/h3-4,6-13,15-18,20-21,26,31-32,34-35,41,44H,1-2,5,14,19,22-25,27-28H2,(H,42,45)(H,43,46)/t31-,32+,34+,35-/m0/s1. The van der Waals surface area contributed by atoms with E-state index in [0.29, 0.717) is 32.1 Å². The fourth-order valence-corrected chi connectivity index (χ4v) is 5.91. The zero-order valence-corrected chi connectivity index (χ0v) is 27.5. The average molecular weight is 650 g/mol. The third-order valence-corrected chi connectivity index (χ3v) is 8.46. The first kappa shape index (κ1) is 35.9. The highest BCUT2D eigenvalue weighted by molar-refractivity contribution is 5.87. The van der Waals surface area contributed by atoms with E-state index in [2.05, 4.69) is 28.8 Å². The minimum Gasteiger partial charge on any atom is -0.463 e. The Bertz CT molecular complexity index is 1620. The second kappa shape index (κ2) is 19.0. The molecule has 4 aromatic rings. The van der Waals surface area contributed by atoms with Gasteiger partial charge < -0.3 is 25.5 Å². The minimum atomic E-state index is -0.696. The summed E-state index contributed by atoms with van der Waals surface area (Å²) < 4.78 is 5.92. The van der Waals surface area contributed by atoms with Gasteiger partial charge in [0.05, 0.1) is 30.5 Å². The van der Waals surface area contributed by atoms with E-state index in [4.69, 9.17) is 4.74 Å². The molecule has 0 radical (unpaired) electrons. The smallest absolute Gasteiger partial charge is 0.309 e. The highest BCUT2D eigenvalue weighted by Gasteiger charge is 2.27. The summed E-state index contributed by atoms with van der Waals surface area (Å²) >= 11 is 0. The Kier molecular flexibility index (Phi) is 14.2. The minimum absolute atomic E-state index is 0.0277. The topological polar surface area (TPSA) is 121 Å². The first-order valence-corrected chi connectivity index (χ1v) is 16.6. The summed E-state index contributed by atoms with van der Waals surface area (Å²) in [4.78, 5) is 43.5. The molecular weight excluding hydrogens is 602 g/mol. The van der Waals surface area contributed by atoms with Crippen LogP contribution < -0.4 is 10.6 Å². The van der Waals surface area contributed by atoms with Crippen molar-refractivity contribution in [1.82, 2.24) is 15.6 Å². The fraction of sp³-hybridized carbons (Fsp3) is 0.325. The van der Waals surface area contributed by atoms with Gasteiger partial charge in [-0.05, 0) is 61.3 Å². The Hall–Kier alpha value is -4.95. The number of hydrogen-bond acceptors (Lipinski definition) is 5. The van der Waals surface area contributed by atoms with Crippen LogP contribution in [-0.2, 0) is 38.4 Å². The molecule has 0 aliphatic rings. The van der Waals surface area contributed by atoms with Gasteiger partial charge in [0.15, 0.2) is 0 Å². The van der Waals surface area contributed by atoms with Crippen molar-refractivity contribution in [3.8, 4) is 0 Å². The summed E-state index contributed by atoms with van der Waals surface area (Å²) in [5.41, 5.74) is 3.98. The van der Waals surface area contributed by atoms with Crippen molar-refractivity contribution in [2.45, 2.75) is 57.0 Å². The molecule has 3 aromatic carbocycles. The predicted octanol–water partition coefficient (Wildman–Crippen LogP) is 5.87. The Morgan fingerprint density at radius 2 is 1.46 bits per heavy atom. The zero-order valence-electron chi connectivity index (χ0n) is 27.5. The largest absolute Gasteiger partial charge is 0.463 e. The molecule has 1 heterocycles. The number of aliphatic hydroxyl groups excluding tert-OH is 1. The van der Waals surface area contributed by atoms with E-state index in [9.17, 15) is 19.5 Å². The molecule has 1 aromatic heterocycles.